The highest BCUT2D eigenvalue weighted by Crippen LogP contribution is 2.26. The van der Waals surface area contributed by atoms with Gasteiger partial charge >= 0.3 is 0 Å². The number of piperazine rings is 1. The van der Waals surface area contributed by atoms with E-state index in [1.165, 1.54) is 12.1 Å². The van der Waals surface area contributed by atoms with Crippen LogP contribution >= 0.6 is 0 Å². The van der Waals surface area contributed by atoms with Crippen molar-refractivity contribution in [2.75, 3.05) is 33.7 Å². The van der Waals surface area contributed by atoms with Crippen LogP contribution in [0.5, 0.6) is 11.5 Å². The average Bonchev–Trinajstić information content (AvgIpc) is 2.42. The molecule has 0 saturated carbocycles. The molecule has 0 bridgehead atoms. The van der Waals surface area contributed by atoms with Crippen LogP contribution in [-0.2, 0) is 11.3 Å². The smallest absolute Gasteiger partial charge is 0.240 e. The van der Waals surface area contributed by atoms with E-state index in [-0.39, 0.29) is 23.4 Å². The Labute approximate surface area is 118 Å². The molecule has 2 rings (SSSR count). The van der Waals surface area contributed by atoms with E-state index in [9.17, 15) is 15.0 Å². The SMILES string of the molecule is CN(C)C(=O)C1CNCCN1Cc1ccc(O)c(O)c1. The summed E-state index contributed by atoms with van der Waals surface area (Å²) in [6.07, 6.45) is 0. The summed E-state index contributed by atoms with van der Waals surface area (Å²) < 4.78 is 0. The largest absolute Gasteiger partial charge is 0.504 e. The molecule has 0 aromatic heterocycles. The van der Waals surface area contributed by atoms with Gasteiger partial charge in [0.2, 0.25) is 5.91 Å². The first-order chi connectivity index (χ1) is 9.49. The second-order valence-electron chi connectivity index (χ2n) is 5.25. The van der Waals surface area contributed by atoms with Crippen molar-refractivity contribution < 1.29 is 15.0 Å². The first-order valence-electron chi connectivity index (χ1n) is 6.66. The van der Waals surface area contributed by atoms with Crippen molar-refractivity contribution in [2.24, 2.45) is 0 Å². The van der Waals surface area contributed by atoms with Crippen LogP contribution in [0, 0.1) is 0 Å². The van der Waals surface area contributed by atoms with Gasteiger partial charge in [-0.15, -0.1) is 0 Å². The van der Waals surface area contributed by atoms with Crippen molar-refractivity contribution in [3.8, 4) is 11.5 Å². The number of carbonyl (C=O) groups excluding carboxylic acids is 1. The minimum Gasteiger partial charge on any atom is -0.504 e. The number of amides is 1. The number of phenolic OH excluding ortho intramolecular Hbond substituents is 2. The van der Waals surface area contributed by atoms with Gasteiger partial charge in [-0.25, -0.2) is 0 Å². The second-order valence-corrected chi connectivity index (χ2v) is 5.25. The normalized spacial score (nSPS) is 19.8. The number of benzene rings is 1. The predicted molar refractivity (Wildman–Crippen MR) is 75.5 cm³/mol. The number of hydrogen-bond donors (Lipinski definition) is 3. The zero-order valence-electron chi connectivity index (χ0n) is 11.8. The summed E-state index contributed by atoms with van der Waals surface area (Å²) in [4.78, 5) is 15.9. The van der Waals surface area contributed by atoms with E-state index in [4.69, 9.17) is 0 Å². The molecule has 1 aliphatic rings. The molecule has 1 aliphatic heterocycles. The fourth-order valence-corrected chi connectivity index (χ4v) is 2.38. The first kappa shape index (κ1) is 14.6. The van der Waals surface area contributed by atoms with Crippen molar-refractivity contribution in [3.63, 3.8) is 0 Å². The van der Waals surface area contributed by atoms with Crippen LogP contribution in [0.2, 0.25) is 0 Å². The maximum absolute atomic E-state index is 12.2. The Balaban J connectivity index is 2.12. The van der Waals surface area contributed by atoms with Crippen LogP contribution < -0.4 is 5.32 Å². The highest BCUT2D eigenvalue weighted by Gasteiger charge is 2.29. The molecule has 1 atom stereocenters. The van der Waals surface area contributed by atoms with E-state index in [0.29, 0.717) is 13.1 Å². The van der Waals surface area contributed by atoms with Gasteiger partial charge in [0.05, 0.1) is 0 Å². The summed E-state index contributed by atoms with van der Waals surface area (Å²) in [5.41, 5.74) is 0.874. The zero-order chi connectivity index (χ0) is 14.7. The molecule has 20 heavy (non-hydrogen) atoms. The van der Waals surface area contributed by atoms with Crippen LogP contribution in [0.15, 0.2) is 18.2 Å². The minimum absolute atomic E-state index is 0.0696. The molecule has 1 unspecified atom stereocenters. The molecule has 6 heteroatoms. The van der Waals surface area contributed by atoms with Crippen LogP contribution in [0.4, 0.5) is 0 Å². The third-order valence-electron chi connectivity index (χ3n) is 3.51. The maximum Gasteiger partial charge on any atom is 0.240 e. The standard InChI is InChI=1S/C14H21N3O3/c1-16(2)14(20)11-8-15-5-6-17(11)9-10-3-4-12(18)13(19)7-10/h3-4,7,11,15,18-19H,5-6,8-9H2,1-2H3. The molecular weight excluding hydrogens is 258 g/mol. The molecule has 110 valence electrons. The fourth-order valence-electron chi connectivity index (χ4n) is 2.38. The summed E-state index contributed by atoms with van der Waals surface area (Å²) in [7, 11) is 3.50. The van der Waals surface area contributed by atoms with Crippen molar-refractivity contribution in [1.82, 2.24) is 15.1 Å². The average molecular weight is 279 g/mol. The van der Waals surface area contributed by atoms with E-state index in [1.54, 1.807) is 25.1 Å². The zero-order valence-corrected chi connectivity index (χ0v) is 11.8. The first-order valence-corrected chi connectivity index (χ1v) is 6.66. The molecule has 1 aromatic carbocycles. The van der Waals surface area contributed by atoms with E-state index < -0.39 is 0 Å². The molecule has 0 aliphatic carbocycles. The summed E-state index contributed by atoms with van der Waals surface area (Å²) in [5.74, 6) is -0.191. The molecule has 6 nitrogen and oxygen atoms in total. The van der Waals surface area contributed by atoms with Crippen LogP contribution in [0.1, 0.15) is 5.56 Å². The Kier molecular flexibility index (Phi) is 4.46. The van der Waals surface area contributed by atoms with Crippen molar-refractivity contribution in [2.45, 2.75) is 12.6 Å². The summed E-state index contributed by atoms with van der Waals surface area (Å²) in [5, 5.41) is 22.1. The van der Waals surface area contributed by atoms with Gasteiger partial charge in [-0.1, -0.05) is 6.07 Å². The second kappa shape index (κ2) is 6.11. The Hall–Kier alpha value is -1.79. The van der Waals surface area contributed by atoms with Gasteiger partial charge in [-0.05, 0) is 17.7 Å². The van der Waals surface area contributed by atoms with E-state index in [1.807, 2.05) is 0 Å². The number of carbonyl (C=O) groups is 1. The molecule has 1 fully saturated rings. The van der Waals surface area contributed by atoms with Crippen LogP contribution in [0.25, 0.3) is 0 Å². The molecule has 1 amide bonds. The topological polar surface area (TPSA) is 76.0 Å². The van der Waals surface area contributed by atoms with Gasteiger partial charge in [0.25, 0.3) is 0 Å². The maximum atomic E-state index is 12.2. The monoisotopic (exact) mass is 279 g/mol. The van der Waals surface area contributed by atoms with Crippen molar-refractivity contribution in [3.05, 3.63) is 23.8 Å². The quantitative estimate of drug-likeness (QED) is 0.677. The van der Waals surface area contributed by atoms with Crippen LogP contribution in [0.3, 0.4) is 0 Å². The third kappa shape index (κ3) is 3.20. The van der Waals surface area contributed by atoms with Crippen molar-refractivity contribution in [1.29, 1.82) is 0 Å². The van der Waals surface area contributed by atoms with Gasteiger partial charge in [-0.3, -0.25) is 9.69 Å². The van der Waals surface area contributed by atoms with E-state index in [0.717, 1.165) is 18.7 Å². The van der Waals surface area contributed by atoms with E-state index in [2.05, 4.69) is 10.2 Å². The van der Waals surface area contributed by atoms with Crippen molar-refractivity contribution >= 4 is 5.91 Å². The highest BCUT2D eigenvalue weighted by molar-refractivity contribution is 5.81. The Morgan fingerprint density at radius 3 is 2.80 bits per heavy atom. The molecule has 1 aromatic rings. The predicted octanol–water partition coefficient (Wildman–Crippen LogP) is -0.0402. The lowest BCUT2D eigenvalue weighted by Crippen LogP contribution is -2.57. The Morgan fingerprint density at radius 2 is 2.15 bits per heavy atom. The molecule has 1 saturated heterocycles. The lowest BCUT2D eigenvalue weighted by Gasteiger charge is -2.36. The molecular formula is C14H21N3O3. The molecule has 0 spiro atoms. The minimum atomic E-state index is -0.199. The Morgan fingerprint density at radius 1 is 1.40 bits per heavy atom. The molecule has 3 N–H and O–H groups in total. The van der Waals surface area contributed by atoms with Crippen LogP contribution in [-0.4, -0.2) is 65.7 Å². The third-order valence-corrected chi connectivity index (χ3v) is 3.51. The number of phenols is 2. The van der Waals surface area contributed by atoms with Gasteiger partial charge in [0, 0.05) is 40.3 Å². The molecule has 1 heterocycles. The van der Waals surface area contributed by atoms with Gasteiger partial charge in [-0.2, -0.15) is 0 Å². The summed E-state index contributed by atoms with van der Waals surface area (Å²) in [6, 6.07) is 4.56. The lowest BCUT2D eigenvalue weighted by atomic mass is 10.1. The number of nitrogens with zero attached hydrogens (tertiary/aromatic N) is 2. The number of nitrogens with one attached hydrogen (secondary N) is 1. The van der Waals surface area contributed by atoms with Gasteiger partial charge < -0.3 is 20.4 Å². The summed E-state index contributed by atoms with van der Waals surface area (Å²) >= 11 is 0. The fraction of sp³-hybridized carbons (Fsp3) is 0.500. The highest BCUT2D eigenvalue weighted by atomic mass is 16.3. The number of hydrogen-bond acceptors (Lipinski definition) is 5. The number of aromatic hydroxyl groups is 2. The van der Waals surface area contributed by atoms with Gasteiger partial charge in [0.1, 0.15) is 6.04 Å². The van der Waals surface area contributed by atoms with E-state index >= 15 is 0 Å². The lowest BCUT2D eigenvalue weighted by molar-refractivity contribution is -0.135. The molecule has 0 radical (unpaired) electrons. The number of likely N-dealkylation sites (N-methyl/N-ethyl adjacent to an activating group) is 1. The van der Waals surface area contributed by atoms with Gasteiger partial charge in [0.15, 0.2) is 11.5 Å². The number of rotatable bonds is 3. The Bertz CT molecular complexity index is 491. The summed E-state index contributed by atoms with van der Waals surface area (Å²) in [6.45, 7) is 2.80.